The number of nitrogens with zero attached hydrogens (tertiary/aromatic N) is 5. The average molecular weight is 341 g/mol. The Bertz CT molecular complexity index is 906. The quantitative estimate of drug-likeness (QED) is 0.734. The van der Waals surface area contributed by atoms with Crippen LogP contribution in [0.1, 0.15) is 37.8 Å². The molecule has 0 amide bonds. The van der Waals surface area contributed by atoms with Gasteiger partial charge in [0.25, 0.3) is 0 Å². The Morgan fingerprint density at radius 2 is 2.12 bits per heavy atom. The van der Waals surface area contributed by atoms with Crippen molar-refractivity contribution in [3.8, 4) is 11.5 Å². The van der Waals surface area contributed by atoms with E-state index in [-0.39, 0.29) is 11.9 Å². The molecule has 9 nitrogen and oxygen atoms in total. The molecule has 9 heteroatoms. The lowest BCUT2D eigenvalue weighted by atomic mass is 9.99. The number of fused-ring (bicyclic) bond motifs is 1. The molecule has 1 saturated heterocycles. The number of anilines is 1. The Labute approximate surface area is 143 Å². The predicted octanol–water partition coefficient (Wildman–Crippen LogP) is 1.71. The Balaban J connectivity index is 1.75. The summed E-state index contributed by atoms with van der Waals surface area (Å²) in [6.45, 7) is 3.67. The predicted molar refractivity (Wildman–Crippen MR) is 90.4 cm³/mol. The number of ketones is 1. The van der Waals surface area contributed by atoms with Crippen LogP contribution in [0.2, 0.25) is 0 Å². The summed E-state index contributed by atoms with van der Waals surface area (Å²) in [5.41, 5.74) is 8.82. The van der Waals surface area contributed by atoms with E-state index in [4.69, 9.17) is 5.73 Å². The van der Waals surface area contributed by atoms with Crippen molar-refractivity contribution in [2.24, 2.45) is 0 Å². The molecule has 1 atom stereocenters. The van der Waals surface area contributed by atoms with Crippen molar-refractivity contribution in [2.45, 2.75) is 32.2 Å². The molecule has 0 spiro atoms. The minimum absolute atomic E-state index is 0.160. The minimum Gasteiger partial charge on any atom is -0.379 e. The number of carbonyl (C=O) groups is 1. The van der Waals surface area contributed by atoms with Crippen molar-refractivity contribution >= 4 is 22.6 Å². The first-order valence-electron chi connectivity index (χ1n) is 8.35. The molecule has 1 unspecified atom stereocenters. The molecular weight excluding hydrogens is 322 g/mol. The zero-order valence-electron chi connectivity index (χ0n) is 13.9. The van der Waals surface area contributed by atoms with E-state index in [1.807, 2.05) is 6.20 Å². The zero-order valence-corrected chi connectivity index (χ0v) is 13.9. The van der Waals surface area contributed by atoms with E-state index in [1.54, 1.807) is 6.20 Å². The van der Waals surface area contributed by atoms with Gasteiger partial charge in [-0.2, -0.15) is 0 Å². The third-order valence-electron chi connectivity index (χ3n) is 4.70. The van der Waals surface area contributed by atoms with Crippen LogP contribution in [0.15, 0.2) is 17.0 Å². The monoisotopic (exact) mass is 341 g/mol. The number of nitrogens with one attached hydrogen (secondary N) is 1. The van der Waals surface area contributed by atoms with Crippen LogP contribution < -0.4 is 5.73 Å². The number of aromatic nitrogens is 5. The number of nitrogen functional groups attached to an aromatic ring is 1. The van der Waals surface area contributed by atoms with Crippen LogP contribution in [0.5, 0.6) is 0 Å². The second-order valence-corrected chi connectivity index (χ2v) is 6.21. The van der Waals surface area contributed by atoms with Crippen LogP contribution in [0.3, 0.4) is 0 Å². The van der Waals surface area contributed by atoms with Gasteiger partial charge in [0.15, 0.2) is 17.3 Å². The van der Waals surface area contributed by atoms with E-state index >= 15 is 0 Å². The maximum absolute atomic E-state index is 11.5. The van der Waals surface area contributed by atoms with Gasteiger partial charge in [-0.25, -0.2) is 9.61 Å². The van der Waals surface area contributed by atoms with Crippen molar-refractivity contribution in [3.63, 3.8) is 0 Å². The second-order valence-electron chi connectivity index (χ2n) is 6.21. The maximum Gasteiger partial charge on any atom is 0.199 e. The van der Waals surface area contributed by atoms with Crippen LogP contribution >= 0.6 is 0 Å². The summed E-state index contributed by atoms with van der Waals surface area (Å²) in [5.74, 6) is 1.03. The average Bonchev–Trinajstić information content (AvgIpc) is 3.23. The van der Waals surface area contributed by atoms with Gasteiger partial charge in [-0.15, -0.1) is 0 Å². The van der Waals surface area contributed by atoms with E-state index in [1.165, 1.54) is 0 Å². The van der Waals surface area contributed by atoms with Crippen LogP contribution in [0, 0.1) is 0 Å². The molecule has 25 heavy (non-hydrogen) atoms. The molecule has 3 aromatic rings. The van der Waals surface area contributed by atoms with Crippen molar-refractivity contribution in [1.29, 1.82) is 0 Å². The topological polar surface area (TPSA) is 127 Å². The number of piperidine rings is 1. The van der Waals surface area contributed by atoms with E-state index in [2.05, 4.69) is 41.7 Å². The molecule has 0 saturated carbocycles. The molecule has 0 radical (unpaired) electrons. The largest absolute Gasteiger partial charge is 0.379 e. The number of pyridine rings is 1. The zero-order chi connectivity index (χ0) is 17.4. The molecule has 1 aliphatic heterocycles. The summed E-state index contributed by atoms with van der Waals surface area (Å²) in [6.07, 6.45) is 5.69. The first-order chi connectivity index (χ1) is 12.2. The van der Waals surface area contributed by atoms with E-state index in [0.29, 0.717) is 30.1 Å². The van der Waals surface area contributed by atoms with Gasteiger partial charge in [-0.1, -0.05) is 6.92 Å². The van der Waals surface area contributed by atoms with Gasteiger partial charge >= 0.3 is 0 Å². The van der Waals surface area contributed by atoms with Gasteiger partial charge in [0.2, 0.25) is 0 Å². The Morgan fingerprint density at radius 3 is 2.80 bits per heavy atom. The molecule has 3 N–H and O–H groups in total. The lowest BCUT2D eigenvalue weighted by Crippen LogP contribution is -2.36. The summed E-state index contributed by atoms with van der Waals surface area (Å²) in [5, 5.41) is 7.39. The molecule has 0 aliphatic carbocycles. The van der Waals surface area contributed by atoms with Gasteiger partial charge in [0.1, 0.15) is 5.78 Å². The Morgan fingerprint density at radius 1 is 1.32 bits per heavy atom. The molecule has 4 rings (SSSR count). The number of aromatic amines is 1. The number of imidazole rings is 1. The summed E-state index contributed by atoms with van der Waals surface area (Å²) >= 11 is 0. The number of hydrogen-bond donors (Lipinski definition) is 2. The number of likely N-dealkylation sites (tertiary alicyclic amines) is 1. The summed E-state index contributed by atoms with van der Waals surface area (Å²) in [7, 11) is 0. The van der Waals surface area contributed by atoms with Crippen molar-refractivity contribution in [3.05, 3.63) is 18.0 Å². The molecule has 1 fully saturated rings. The number of hydrogen-bond acceptors (Lipinski definition) is 8. The second kappa shape index (κ2) is 6.25. The fourth-order valence-corrected chi connectivity index (χ4v) is 3.43. The Kier molecular flexibility index (Phi) is 3.92. The number of carbonyl (C=O) groups excluding carboxylic acids is 1. The van der Waals surface area contributed by atoms with E-state index in [0.717, 1.165) is 36.1 Å². The van der Waals surface area contributed by atoms with Gasteiger partial charge in [0, 0.05) is 43.7 Å². The third kappa shape index (κ3) is 2.76. The highest BCUT2D eigenvalue weighted by Gasteiger charge is 2.26. The molecule has 0 bridgehead atoms. The molecule has 3 aromatic heterocycles. The number of rotatable bonds is 4. The fraction of sp³-hybridized carbons (Fsp3) is 0.438. The third-order valence-corrected chi connectivity index (χ3v) is 4.70. The van der Waals surface area contributed by atoms with Crippen molar-refractivity contribution in [2.75, 3.05) is 18.8 Å². The van der Waals surface area contributed by atoms with Crippen LogP contribution in [-0.4, -0.2) is 49.0 Å². The number of nitrogens with two attached hydrogens (primary N) is 1. The molecule has 4 heterocycles. The van der Waals surface area contributed by atoms with Gasteiger partial charge < -0.3 is 10.7 Å². The molecule has 130 valence electrons. The van der Waals surface area contributed by atoms with Crippen molar-refractivity contribution in [1.82, 2.24) is 30.2 Å². The Hall–Kier alpha value is -2.81. The SMILES string of the molecule is CCC(c1cncc2[nH]c(-c3nonc3N)nc12)N1CCC(=O)CC1. The highest BCUT2D eigenvalue weighted by Crippen LogP contribution is 2.32. The smallest absolute Gasteiger partial charge is 0.199 e. The summed E-state index contributed by atoms with van der Waals surface area (Å²) in [4.78, 5) is 26.1. The number of H-pyrrole nitrogens is 1. The maximum atomic E-state index is 11.5. The van der Waals surface area contributed by atoms with Gasteiger partial charge in [-0.3, -0.25) is 14.7 Å². The van der Waals surface area contributed by atoms with Gasteiger partial charge in [-0.05, 0) is 16.7 Å². The summed E-state index contributed by atoms with van der Waals surface area (Å²) < 4.78 is 4.66. The summed E-state index contributed by atoms with van der Waals surface area (Å²) in [6, 6.07) is 0.160. The highest BCUT2D eigenvalue weighted by atomic mass is 16.6. The molecule has 1 aliphatic rings. The molecular formula is C16H19N7O2. The van der Waals surface area contributed by atoms with Crippen molar-refractivity contribution < 1.29 is 9.42 Å². The first kappa shape index (κ1) is 15.7. The number of Topliss-reactive ketones (excluding diaryl/α,β-unsaturated/α-hetero) is 1. The normalized spacial score (nSPS) is 17.2. The van der Waals surface area contributed by atoms with Crippen LogP contribution in [0.4, 0.5) is 5.82 Å². The standard InChI is InChI=1S/C16H19N7O2/c1-2-12(23-5-3-9(24)4-6-23)10-7-18-8-11-13(10)20-16(19-11)14-15(17)22-25-21-14/h7-8,12H,2-6H2,1H3,(H2,17,22)(H,19,20). The van der Waals surface area contributed by atoms with E-state index < -0.39 is 0 Å². The highest BCUT2D eigenvalue weighted by molar-refractivity contribution is 5.83. The first-order valence-corrected chi connectivity index (χ1v) is 8.35. The van der Waals surface area contributed by atoms with Gasteiger partial charge in [0.05, 0.1) is 17.2 Å². The van der Waals surface area contributed by atoms with Crippen LogP contribution in [0.25, 0.3) is 22.6 Å². The van der Waals surface area contributed by atoms with Crippen LogP contribution in [-0.2, 0) is 4.79 Å². The molecule has 0 aromatic carbocycles. The lowest BCUT2D eigenvalue weighted by Gasteiger charge is -2.33. The lowest BCUT2D eigenvalue weighted by molar-refractivity contribution is -0.122. The van der Waals surface area contributed by atoms with E-state index in [9.17, 15) is 4.79 Å². The minimum atomic E-state index is 0.160. The fourth-order valence-electron chi connectivity index (χ4n) is 3.43.